The Balaban J connectivity index is 2.75. The normalized spacial score (nSPS) is 10.9. The standard InChI is InChI=1S/C15H22FNO3/c1-5-20-15(18)10-17(11(2)3)9-12-6-7-14(19-4)13(16)8-12/h6-8,11H,5,9-10H2,1-4H3. The highest BCUT2D eigenvalue weighted by atomic mass is 19.1. The molecule has 1 aromatic carbocycles. The van der Waals surface area contributed by atoms with E-state index in [4.69, 9.17) is 9.47 Å². The molecule has 0 amide bonds. The summed E-state index contributed by atoms with van der Waals surface area (Å²) >= 11 is 0. The van der Waals surface area contributed by atoms with E-state index in [9.17, 15) is 9.18 Å². The molecule has 112 valence electrons. The summed E-state index contributed by atoms with van der Waals surface area (Å²) in [5.74, 6) is -0.449. The summed E-state index contributed by atoms with van der Waals surface area (Å²) in [6.45, 7) is 6.78. The summed E-state index contributed by atoms with van der Waals surface area (Å²) in [7, 11) is 1.43. The summed E-state index contributed by atoms with van der Waals surface area (Å²) in [6.07, 6.45) is 0. The molecule has 5 heteroatoms. The fraction of sp³-hybridized carbons (Fsp3) is 0.533. The van der Waals surface area contributed by atoms with E-state index >= 15 is 0 Å². The molecule has 0 aliphatic rings. The van der Waals surface area contributed by atoms with Gasteiger partial charge in [0.25, 0.3) is 0 Å². The van der Waals surface area contributed by atoms with Gasteiger partial charge in [0, 0.05) is 12.6 Å². The molecule has 1 aromatic rings. The molecule has 0 fully saturated rings. The van der Waals surface area contributed by atoms with Crippen molar-refractivity contribution < 1.29 is 18.7 Å². The van der Waals surface area contributed by atoms with Gasteiger partial charge in [-0.3, -0.25) is 9.69 Å². The predicted molar refractivity (Wildman–Crippen MR) is 75.1 cm³/mol. The van der Waals surface area contributed by atoms with Crippen molar-refractivity contribution in [1.29, 1.82) is 0 Å². The maximum Gasteiger partial charge on any atom is 0.320 e. The van der Waals surface area contributed by atoms with Gasteiger partial charge in [0.1, 0.15) is 0 Å². The average Bonchev–Trinajstić information content (AvgIpc) is 2.38. The third-order valence-electron chi connectivity index (χ3n) is 2.97. The number of hydrogen-bond acceptors (Lipinski definition) is 4. The van der Waals surface area contributed by atoms with Crippen molar-refractivity contribution in [2.24, 2.45) is 0 Å². The average molecular weight is 283 g/mol. The minimum Gasteiger partial charge on any atom is -0.494 e. The number of nitrogens with zero attached hydrogens (tertiary/aromatic N) is 1. The Bertz CT molecular complexity index is 449. The molecule has 0 aliphatic heterocycles. The topological polar surface area (TPSA) is 38.8 Å². The van der Waals surface area contributed by atoms with Crippen LogP contribution in [0.25, 0.3) is 0 Å². The molecular formula is C15H22FNO3. The first-order valence-corrected chi connectivity index (χ1v) is 6.70. The lowest BCUT2D eigenvalue weighted by Gasteiger charge is -2.25. The smallest absolute Gasteiger partial charge is 0.320 e. The highest BCUT2D eigenvalue weighted by molar-refractivity contribution is 5.71. The highest BCUT2D eigenvalue weighted by Crippen LogP contribution is 2.19. The third-order valence-corrected chi connectivity index (χ3v) is 2.97. The van der Waals surface area contributed by atoms with Gasteiger partial charge in [-0.25, -0.2) is 4.39 Å². The molecule has 4 nitrogen and oxygen atoms in total. The van der Waals surface area contributed by atoms with E-state index in [2.05, 4.69) is 0 Å². The first-order chi connectivity index (χ1) is 9.47. The first-order valence-electron chi connectivity index (χ1n) is 6.70. The lowest BCUT2D eigenvalue weighted by Crippen LogP contribution is -2.36. The third kappa shape index (κ3) is 4.81. The minimum atomic E-state index is -0.398. The number of rotatable bonds is 7. The number of ether oxygens (including phenoxy) is 2. The summed E-state index contributed by atoms with van der Waals surface area (Å²) in [4.78, 5) is 13.5. The second kappa shape index (κ2) is 7.85. The Morgan fingerprint density at radius 1 is 1.40 bits per heavy atom. The van der Waals surface area contributed by atoms with Crippen LogP contribution in [-0.4, -0.2) is 37.2 Å². The van der Waals surface area contributed by atoms with Gasteiger partial charge in [0.15, 0.2) is 11.6 Å². The van der Waals surface area contributed by atoms with Crippen molar-refractivity contribution in [2.75, 3.05) is 20.3 Å². The largest absolute Gasteiger partial charge is 0.494 e. The van der Waals surface area contributed by atoms with E-state index in [1.54, 1.807) is 19.1 Å². The molecule has 20 heavy (non-hydrogen) atoms. The lowest BCUT2D eigenvalue weighted by atomic mass is 10.1. The van der Waals surface area contributed by atoms with E-state index in [1.165, 1.54) is 13.2 Å². The van der Waals surface area contributed by atoms with E-state index < -0.39 is 5.82 Å². The summed E-state index contributed by atoms with van der Waals surface area (Å²) < 4.78 is 23.5. The van der Waals surface area contributed by atoms with Crippen LogP contribution in [0.1, 0.15) is 26.3 Å². The van der Waals surface area contributed by atoms with E-state index in [-0.39, 0.29) is 24.3 Å². The van der Waals surface area contributed by atoms with Crippen LogP contribution in [0.2, 0.25) is 0 Å². The van der Waals surface area contributed by atoms with Crippen LogP contribution >= 0.6 is 0 Å². The second-order valence-corrected chi connectivity index (χ2v) is 4.77. The molecule has 0 aromatic heterocycles. The molecule has 0 unspecified atom stereocenters. The maximum absolute atomic E-state index is 13.7. The first kappa shape index (κ1) is 16.4. The van der Waals surface area contributed by atoms with E-state index in [0.717, 1.165) is 5.56 Å². The number of halogens is 1. The highest BCUT2D eigenvalue weighted by Gasteiger charge is 2.16. The van der Waals surface area contributed by atoms with Gasteiger partial charge in [0.05, 0.1) is 20.3 Å². The van der Waals surface area contributed by atoms with E-state index in [0.29, 0.717) is 13.2 Å². The lowest BCUT2D eigenvalue weighted by molar-refractivity contribution is -0.145. The number of carbonyl (C=O) groups is 1. The SMILES string of the molecule is CCOC(=O)CN(Cc1ccc(OC)c(F)c1)C(C)C. The Hall–Kier alpha value is -1.62. The molecular weight excluding hydrogens is 261 g/mol. The summed E-state index contributed by atoms with van der Waals surface area (Å²) in [5.41, 5.74) is 0.793. The molecule has 0 radical (unpaired) electrons. The number of benzene rings is 1. The molecule has 0 spiro atoms. The number of carbonyl (C=O) groups excluding carboxylic acids is 1. The molecule has 0 aliphatic carbocycles. The Morgan fingerprint density at radius 2 is 2.10 bits per heavy atom. The number of methoxy groups -OCH3 is 1. The van der Waals surface area contributed by atoms with Gasteiger partial charge in [0.2, 0.25) is 0 Å². The monoisotopic (exact) mass is 283 g/mol. The zero-order valence-electron chi connectivity index (χ0n) is 12.5. The number of esters is 1. The zero-order chi connectivity index (χ0) is 15.1. The fourth-order valence-corrected chi connectivity index (χ4v) is 1.84. The van der Waals surface area contributed by atoms with Crippen LogP contribution in [0.4, 0.5) is 4.39 Å². The Labute approximate surface area is 119 Å². The van der Waals surface area contributed by atoms with Crippen molar-refractivity contribution in [3.05, 3.63) is 29.6 Å². The van der Waals surface area contributed by atoms with Gasteiger partial charge < -0.3 is 9.47 Å². The van der Waals surface area contributed by atoms with Crippen LogP contribution < -0.4 is 4.74 Å². The van der Waals surface area contributed by atoms with Crippen LogP contribution in [0.15, 0.2) is 18.2 Å². The second-order valence-electron chi connectivity index (χ2n) is 4.77. The van der Waals surface area contributed by atoms with Crippen molar-refractivity contribution in [1.82, 2.24) is 4.90 Å². The van der Waals surface area contributed by atoms with Gasteiger partial charge in [-0.05, 0) is 38.5 Å². The Morgan fingerprint density at radius 3 is 2.60 bits per heavy atom. The molecule has 0 bridgehead atoms. The van der Waals surface area contributed by atoms with Crippen molar-refractivity contribution in [2.45, 2.75) is 33.4 Å². The molecule has 0 atom stereocenters. The molecule has 1 rings (SSSR count). The summed E-state index contributed by atoms with van der Waals surface area (Å²) in [6, 6.07) is 4.97. The molecule has 0 heterocycles. The fourth-order valence-electron chi connectivity index (χ4n) is 1.84. The van der Waals surface area contributed by atoms with Gasteiger partial charge in [-0.15, -0.1) is 0 Å². The van der Waals surface area contributed by atoms with Gasteiger partial charge in [-0.2, -0.15) is 0 Å². The van der Waals surface area contributed by atoms with Crippen molar-refractivity contribution in [3.63, 3.8) is 0 Å². The van der Waals surface area contributed by atoms with Crippen LogP contribution in [0, 0.1) is 5.82 Å². The Kier molecular flexibility index (Phi) is 6.45. The van der Waals surface area contributed by atoms with Crippen molar-refractivity contribution >= 4 is 5.97 Å². The maximum atomic E-state index is 13.7. The quantitative estimate of drug-likeness (QED) is 0.721. The van der Waals surface area contributed by atoms with Gasteiger partial charge in [-0.1, -0.05) is 6.07 Å². The van der Waals surface area contributed by atoms with E-state index in [1.807, 2.05) is 18.7 Å². The van der Waals surface area contributed by atoms with Crippen LogP contribution in [-0.2, 0) is 16.1 Å². The minimum absolute atomic E-state index is 0.157. The van der Waals surface area contributed by atoms with Gasteiger partial charge >= 0.3 is 5.97 Å². The predicted octanol–water partition coefficient (Wildman–Crippen LogP) is 2.61. The molecule has 0 saturated heterocycles. The van der Waals surface area contributed by atoms with Crippen molar-refractivity contribution in [3.8, 4) is 5.75 Å². The molecule has 0 saturated carbocycles. The zero-order valence-corrected chi connectivity index (χ0v) is 12.5. The van der Waals surface area contributed by atoms with Crippen LogP contribution in [0.3, 0.4) is 0 Å². The summed E-state index contributed by atoms with van der Waals surface area (Å²) in [5, 5.41) is 0. The number of hydrogen-bond donors (Lipinski definition) is 0. The van der Waals surface area contributed by atoms with Crippen LogP contribution in [0.5, 0.6) is 5.75 Å². The molecule has 0 N–H and O–H groups in total.